The van der Waals surface area contributed by atoms with Gasteiger partial charge in [-0.25, -0.2) is 0 Å². The average molecular weight is 732 g/mol. The molecule has 0 aliphatic rings. The molecule has 0 aromatic heterocycles. The van der Waals surface area contributed by atoms with E-state index in [0.717, 1.165) is 21.0 Å². The van der Waals surface area contributed by atoms with Crippen LogP contribution in [0.25, 0.3) is 43.8 Å². The van der Waals surface area contributed by atoms with E-state index in [2.05, 4.69) is 166 Å². The fraction of sp³-hybridized carbons (Fsp3) is 0.318. The smallest absolute Gasteiger partial charge is 0.498 e. The Morgan fingerprint density at radius 1 is 0.542 bits per heavy atom. The van der Waals surface area contributed by atoms with Crippen molar-refractivity contribution < 1.29 is 35.7 Å². The molecular formula is C44H52O2SiZr. The summed E-state index contributed by atoms with van der Waals surface area (Å²) in [6.07, 6.45) is 0. The number of hydrogen-bond donors (Lipinski definition) is 0. The Morgan fingerprint density at radius 2 is 0.854 bits per heavy atom. The topological polar surface area (TPSA) is 18.5 Å². The monoisotopic (exact) mass is 730 g/mol. The van der Waals surface area contributed by atoms with Gasteiger partial charge in [0.25, 0.3) is 0 Å². The molecule has 0 saturated carbocycles. The number of aryl methyl sites for hydroxylation is 2. The van der Waals surface area contributed by atoms with Crippen molar-refractivity contribution in [2.45, 2.75) is 79.3 Å². The van der Waals surface area contributed by atoms with Gasteiger partial charge in [-0.15, -0.1) is 56.9 Å². The van der Waals surface area contributed by atoms with Crippen LogP contribution in [0, 0.1) is 13.8 Å². The van der Waals surface area contributed by atoms with E-state index >= 15 is 0 Å². The van der Waals surface area contributed by atoms with Crippen molar-refractivity contribution in [2.24, 2.45) is 0 Å². The molecule has 2 radical (unpaired) electrons. The first-order valence-electron chi connectivity index (χ1n) is 16.5. The number of methoxy groups -OCH3 is 2. The van der Waals surface area contributed by atoms with Crippen molar-refractivity contribution in [3.63, 3.8) is 0 Å². The van der Waals surface area contributed by atoms with Crippen LogP contribution in [0.5, 0.6) is 11.5 Å². The predicted molar refractivity (Wildman–Crippen MR) is 207 cm³/mol. The minimum absolute atomic E-state index is 0. The van der Waals surface area contributed by atoms with E-state index in [9.17, 15) is 0 Å². The van der Waals surface area contributed by atoms with Gasteiger partial charge in [-0.05, 0) is 44.2 Å². The molecule has 0 N–H and O–H groups in total. The SMILES string of the molecule is COc1c(C(C)(C)C)cc2[cH-]c(C)cc2c1-c1ccccc1.COc1c(C(C)(C)C)cc2[cH-]c(C)cc2c1-c1ccccc1.C[Si]C.[Zr+2]. The summed E-state index contributed by atoms with van der Waals surface area (Å²) in [4.78, 5) is 0. The third kappa shape index (κ3) is 8.68. The summed E-state index contributed by atoms with van der Waals surface area (Å²) in [7, 11) is 4.64. The van der Waals surface area contributed by atoms with E-state index < -0.39 is 0 Å². The first-order valence-corrected chi connectivity index (χ1v) is 18.5. The van der Waals surface area contributed by atoms with Crippen LogP contribution in [0.2, 0.25) is 13.1 Å². The van der Waals surface area contributed by atoms with Gasteiger partial charge < -0.3 is 9.47 Å². The molecule has 0 aliphatic carbocycles. The fourth-order valence-electron chi connectivity index (χ4n) is 6.30. The van der Waals surface area contributed by atoms with E-state index in [4.69, 9.17) is 9.47 Å². The Balaban J connectivity index is 0.000000236. The quantitative estimate of drug-likeness (QED) is 0.133. The van der Waals surface area contributed by atoms with Crippen LogP contribution in [-0.2, 0) is 37.0 Å². The van der Waals surface area contributed by atoms with E-state index in [1.807, 2.05) is 0 Å². The zero-order chi connectivity index (χ0) is 34.5. The van der Waals surface area contributed by atoms with Crippen LogP contribution >= 0.6 is 0 Å². The zero-order valence-corrected chi connectivity index (χ0v) is 34.5. The number of fused-ring (bicyclic) bond motifs is 2. The van der Waals surface area contributed by atoms with Crippen molar-refractivity contribution >= 4 is 31.1 Å². The van der Waals surface area contributed by atoms with Crippen LogP contribution < -0.4 is 9.47 Å². The third-order valence-corrected chi connectivity index (χ3v) is 8.36. The molecule has 248 valence electrons. The molecule has 6 aromatic rings. The maximum absolute atomic E-state index is 5.87. The van der Waals surface area contributed by atoms with Crippen molar-refractivity contribution in [3.8, 4) is 33.8 Å². The Hall–Kier alpha value is -3.20. The van der Waals surface area contributed by atoms with Gasteiger partial charge in [0.2, 0.25) is 0 Å². The number of hydrogen-bond acceptors (Lipinski definition) is 2. The minimum atomic E-state index is 0. The van der Waals surface area contributed by atoms with Crippen molar-refractivity contribution in [1.82, 2.24) is 0 Å². The molecule has 0 aliphatic heterocycles. The van der Waals surface area contributed by atoms with Crippen LogP contribution in [0.15, 0.2) is 97.1 Å². The van der Waals surface area contributed by atoms with E-state index in [-0.39, 0.29) is 37.0 Å². The first kappa shape index (κ1) is 39.2. The second kappa shape index (κ2) is 16.5. The summed E-state index contributed by atoms with van der Waals surface area (Å²) in [6.45, 7) is 22.0. The van der Waals surface area contributed by atoms with Crippen LogP contribution in [0.4, 0.5) is 0 Å². The van der Waals surface area contributed by atoms with Gasteiger partial charge in [-0.1, -0.05) is 129 Å². The molecule has 0 spiro atoms. The fourth-order valence-corrected chi connectivity index (χ4v) is 6.30. The summed E-state index contributed by atoms with van der Waals surface area (Å²) >= 11 is 0. The van der Waals surface area contributed by atoms with Gasteiger partial charge in [0.15, 0.2) is 0 Å². The van der Waals surface area contributed by atoms with Crippen LogP contribution in [-0.4, -0.2) is 23.7 Å². The molecule has 6 rings (SSSR count). The molecule has 0 unspecified atom stereocenters. The summed E-state index contributed by atoms with van der Waals surface area (Å²) in [6, 6.07) is 34.7. The Bertz CT molecular complexity index is 1780. The van der Waals surface area contributed by atoms with Crippen LogP contribution in [0.3, 0.4) is 0 Å². The second-order valence-electron chi connectivity index (χ2n) is 14.5. The first-order chi connectivity index (χ1) is 22.2. The molecule has 0 fully saturated rings. The molecule has 4 heteroatoms. The van der Waals surface area contributed by atoms with Gasteiger partial charge in [0.05, 0.1) is 14.2 Å². The molecule has 48 heavy (non-hydrogen) atoms. The van der Waals surface area contributed by atoms with E-state index in [1.54, 1.807) is 14.2 Å². The summed E-state index contributed by atoms with van der Waals surface area (Å²) in [5.74, 6) is 1.99. The van der Waals surface area contributed by atoms with Gasteiger partial charge in [-0.3, -0.25) is 0 Å². The zero-order valence-electron chi connectivity index (χ0n) is 31.1. The number of ether oxygens (including phenoxy) is 2. The molecule has 2 nitrogen and oxygen atoms in total. The van der Waals surface area contributed by atoms with Gasteiger partial charge in [0.1, 0.15) is 11.5 Å². The number of rotatable bonds is 4. The molecule has 0 bridgehead atoms. The Morgan fingerprint density at radius 3 is 1.12 bits per heavy atom. The van der Waals surface area contributed by atoms with Gasteiger partial charge in [0, 0.05) is 9.52 Å². The second-order valence-corrected chi connectivity index (χ2v) is 15.5. The summed E-state index contributed by atoms with van der Waals surface area (Å²) < 4.78 is 11.7. The molecule has 0 heterocycles. The van der Waals surface area contributed by atoms with Crippen molar-refractivity contribution in [2.75, 3.05) is 14.2 Å². The third-order valence-electron chi connectivity index (χ3n) is 8.36. The van der Waals surface area contributed by atoms with Crippen molar-refractivity contribution in [1.29, 1.82) is 0 Å². The Kier molecular flexibility index (Phi) is 13.5. The standard InChI is InChI=1S/2C21H23O.C2H6Si.Zr/c2*1-14-11-16-13-18(21(2,3)4)20(22-5)19(17(16)12-14)15-9-7-6-8-10-15;1-3-2;/h2*6-13H,1-5H3;1-2H3;/q2*-1;;+2. The van der Waals surface area contributed by atoms with Gasteiger partial charge >= 0.3 is 26.2 Å². The van der Waals surface area contributed by atoms with E-state index in [1.165, 1.54) is 66.1 Å². The largest absolute Gasteiger partial charge is 2.00 e. The molecule has 0 saturated heterocycles. The van der Waals surface area contributed by atoms with E-state index in [0.29, 0.717) is 0 Å². The molecule has 0 amide bonds. The minimum Gasteiger partial charge on any atom is -0.498 e. The molecule has 6 aromatic carbocycles. The molecule has 0 atom stereocenters. The normalized spacial score (nSPS) is 11.2. The maximum atomic E-state index is 5.87. The van der Waals surface area contributed by atoms with Crippen LogP contribution in [0.1, 0.15) is 63.8 Å². The van der Waals surface area contributed by atoms with Crippen molar-refractivity contribution in [3.05, 3.63) is 119 Å². The van der Waals surface area contributed by atoms with Gasteiger partial charge in [-0.2, -0.15) is 12.1 Å². The maximum Gasteiger partial charge on any atom is 2.00 e. The average Bonchev–Trinajstić information content (AvgIpc) is 3.60. The molecular weight excluding hydrogens is 680 g/mol. The summed E-state index contributed by atoms with van der Waals surface area (Å²) in [5, 5.41) is 5.13. The summed E-state index contributed by atoms with van der Waals surface area (Å²) in [5.41, 5.74) is 10.0. The number of benzene rings is 4. The predicted octanol–water partition coefficient (Wildman–Crippen LogP) is 12.5. The Labute approximate surface area is 311 Å².